The molecular weight excluding hydrogens is 226 g/mol. The van der Waals surface area contributed by atoms with Crippen molar-refractivity contribution < 1.29 is 4.79 Å². The van der Waals surface area contributed by atoms with E-state index in [1.165, 1.54) is 0 Å². The summed E-state index contributed by atoms with van der Waals surface area (Å²) in [6, 6.07) is 6.05. The Morgan fingerprint density at radius 1 is 1.50 bits per heavy atom. The average Bonchev–Trinajstić information content (AvgIpc) is 2.40. The van der Waals surface area contributed by atoms with E-state index in [2.05, 4.69) is 4.98 Å². The number of carbonyl (C=O) groups is 1. The summed E-state index contributed by atoms with van der Waals surface area (Å²) in [7, 11) is 0. The number of likely N-dealkylation sites (tertiary alicyclic amines) is 1. The van der Waals surface area contributed by atoms with Crippen molar-refractivity contribution in [2.45, 2.75) is 38.1 Å². The Labute approximate surface area is 108 Å². The number of aromatic nitrogens is 1. The van der Waals surface area contributed by atoms with Gasteiger partial charge in [0.1, 0.15) is 0 Å². The Balaban J connectivity index is 1.71. The number of rotatable bonds is 4. The van der Waals surface area contributed by atoms with Crippen molar-refractivity contribution in [1.82, 2.24) is 9.88 Å². The predicted octanol–water partition coefficient (Wildman–Crippen LogP) is 1.35. The summed E-state index contributed by atoms with van der Waals surface area (Å²) < 4.78 is 0. The topological polar surface area (TPSA) is 59.2 Å². The van der Waals surface area contributed by atoms with Gasteiger partial charge in [-0.25, -0.2) is 0 Å². The van der Waals surface area contributed by atoms with Crippen LogP contribution in [0.1, 0.15) is 31.4 Å². The molecule has 0 saturated carbocycles. The fraction of sp³-hybridized carbons (Fsp3) is 0.571. The fourth-order valence-corrected chi connectivity index (χ4v) is 2.36. The van der Waals surface area contributed by atoms with Crippen molar-refractivity contribution >= 4 is 5.91 Å². The summed E-state index contributed by atoms with van der Waals surface area (Å²) in [6.07, 6.45) is 6.20. The van der Waals surface area contributed by atoms with Gasteiger partial charge in [-0.2, -0.15) is 0 Å². The summed E-state index contributed by atoms with van der Waals surface area (Å²) in [6.45, 7) is 1.60. The molecule has 2 heterocycles. The van der Waals surface area contributed by atoms with Crippen LogP contribution in [0.3, 0.4) is 0 Å². The van der Waals surface area contributed by atoms with Crippen molar-refractivity contribution in [3.63, 3.8) is 0 Å². The number of carbonyl (C=O) groups excluding carboxylic acids is 1. The van der Waals surface area contributed by atoms with E-state index in [4.69, 9.17) is 5.73 Å². The van der Waals surface area contributed by atoms with E-state index < -0.39 is 0 Å². The molecule has 0 aromatic carbocycles. The number of hydrogen-bond donors (Lipinski definition) is 1. The molecule has 2 N–H and O–H groups in total. The Morgan fingerprint density at radius 2 is 2.39 bits per heavy atom. The Morgan fingerprint density at radius 3 is 3.11 bits per heavy atom. The molecule has 1 saturated heterocycles. The predicted molar refractivity (Wildman–Crippen MR) is 71.0 cm³/mol. The van der Waals surface area contributed by atoms with E-state index in [1.807, 2.05) is 23.1 Å². The summed E-state index contributed by atoms with van der Waals surface area (Å²) in [4.78, 5) is 18.1. The molecule has 1 aliphatic heterocycles. The van der Waals surface area contributed by atoms with Crippen LogP contribution in [-0.4, -0.2) is 34.9 Å². The number of nitrogens with zero attached hydrogens (tertiary/aromatic N) is 2. The largest absolute Gasteiger partial charge is 0.341 e. The molecule has 1 aliphatic rings. The second kappa shape index (κ2) is 6.50. The zero-order chi connectivity index (χ0) is 12.8. The van der Waals surface area contributed by atoms with Gasteiger partial charge in [0.15, 0.2) is 0 Å². The standard InChI is InChI=1S/C14H21N3O/c15-12-5-4-10-17(11-12)14(18)8-3-7-13-6-1-2-9-16-13/h1-2,6,9,12H,3-5,7-8,10-11,15H2/t12-/m1/s1. The molecule has 1 aromatic rings. The molecule has 98 valence electrons. The van der Waals surface area contributed by atoms with Gasteiger partial charge in [-0.3, -0.25) is 9.78 Å². The second-order valence-electron chi connectivity index (χ2n) is 4.92. The van der Waals surface area contributed by atoms with Crippen LogP contribution in [0.4, 0.5) is 0 Å². The van der Waals surface area contributed by atoms with Crippen LogP contribution in [0.15, 0.2) is 24.4 Å². The molecule has 0 radical (unpaired) electrons. The first kappa shape index (κ1) is 13.0. The van der Waals surface area contributed by atoms with Crippen LogP contribution in [0.2, 0.25) is 0 Å². The molecule has 0 spiro atoms. The second-order valence-corrected chi connectivity index (χ2v) is 4.92. The van der Waals surface area contributed by atoms with Crippen LogP contribution in [0.25, 0.3) is 0 Å². The highest BCUT2D eigenvalue weighted by atomic mass is 16.2. The zero-order valence-electron chi connectivity index (χ0n) is 10.7. The fourth-order valence-electron chi connectivity index (χ4n) is 2.36. The third-order valence-electron chi connectivity index (χ3n) is 3.36. The molecule has 1 aromatic heterocycles. The van der Waals surface area contributed by atoms with Crippen molar-refractivity contribution in [2.75, 3.05) is 13.1 Å². The van der Waals surface area contributed by atoms with Crippen molar-refractivity contribution in [3.05, 3.63) is 30.1 Å². The lowest BCUT2D eigenvalue weighted by Gasteiger charge is -2.30. The minimum atomic E-state index is 0.165. The third kappa shape index (κ3) is 3.81. The molecule has 0 bridgehead atoms. The smallest absolute Gasteiger partial charge is 0.222 e. The van der Waals surface area contributed by atoms with Crippen molar-refractivity contribution in [2.24, 2.45) is 5.73 Å². The zero-order valence-corrected chi connectivity index (χ0v) is 10.7. The molecule has 0 unspecified atom stereocenters. The van der Waals surface area contributed by atoms with Gasteiger partial charge >= 0.3 is 0 Å². The Hall–Kier alpha value is -1.42. The normalized spacial score (nSPS) is 19.8. The van der Waals surface area contributed by atoms with Gasteiger partial charge in [0, 0.05) is 37.4 Å². The minimum absolute atomic E-state index is 0.165. The number of aryl methyl sites for hydroxylation is 1. The monoisotopic (exact) mass is 247 g/mol. The molecule has 1 atom stereocenters. The molecule has 1 fully saturated rings. The lowest BCUT2D eigenvalue weighted by Crippen LogP contribution is -2.45. The molecule has 2 rings (SSSR count). The highest BCUT2D eigenvalue weighted by Crippen LogP contribution is 2.11. The molecular formula is C14H21N3O. The summed E-state index contributed by atoms with van der Waals surface area (Å²) in [5.74, 6) is 0.237. The Kier molecular flexibility index (Phi) is 4.70. The lowest BCUT2D eigenvalue weighted by molar-refractivity contribution is -0.132. The van der Waals surface area contributed by atoms with Gasteiger partial charge < -0.3 is 10.6 Å². The van der Waals surface area contributed by atoms with Gasteiger partial charge in [0.25, 0.3) is 0 Å². The minimum Gasteiger partial charge on any atom is -0.341 e. The first-order valence-corrected chi connectivity index (χ1v) is 6.69. The Bertz CT molecular complexity index is 380. The molecule has 18 heavy (non-hydrogen) atoms. The number of nitrogens with two attached hydrogens (primary N) is 1. The molecule has 0 aliphatic carbocycles. The highest BCUT2D eigenvalue weighted by molar-refractivity contribution is 5.76. The summed E-state index contributed by atoms with van der Waals surface area (Å²) in [5, 5.41) is 0. The van der Waals surface area contributed by atoms with Crippen LogP contribution in [0, 0.1) is 0 Å². The quantitative estimate of drug-likeness (QED) is 0.873. The first-order chi connectivity index (χ1) is 8.75. The molecule has 4 heteroatoms. The van der Waals surface area contributed by atoms with E-state index in [1.54, 1.807) is 6.20 Å². The van der Waals surface area contributed by atoms with Gasteiger partial charge in [-0.05, 0) is 37.8 Å². The first-order valence-electron chi connectivity index (χ1n) is 6.69. The third-order valence-corrected chi connectivity index (χ3v) is 3.36. The van der Waals surface area contributed by atoms with Crippen LogP contribution in [-0.2, 0) is 11.2 Å². The number of pyridine rings is 1. The maximum atomic E-state index is 12.0. The summed E-state index contributed by atoms with van der Waals surface area (Å²) in [5.41, 5.74) is 6.93. The van der Waals surface area contributed by atoms with E-state index in [-0.39, 0.29) is 11.9 Å². The number of piperidine rings is 1. The SMILES string of the molecule is N[C@@H]1CCCN(C(=O)CCCc2ccccn2)C1. The molecule has 1 amide bonds. The average molecular weight is 247 g/mol. The maximum absolute atomic E-state index is 12.0. The maximum Gasteiger partial charge on any atom is 0.222 e. The van der Waals surface area contributed by atoms with Gasteiger partial charge in [-0.15, -0.1) is 0 Å². The number of amides is 1. The van der Waals surface area contributed by atoms with E-state index in [0.717, 1.165) is 44.5 Å². The van der Waals surface area contributed by atoms with Gasteiger partial charge in [0.2, 0.25) is 5.91 Å². The van der Waals surface area contributed by atoms with Crippen molar-refractivity contribution in [1.29, 1.82) is 0 Å². The summed E-state index contributed by atoms with van der Waals surface area (Å²) >= 11 is 0. The van der Waals surface area contributed by atoms with Crippen LogP contribution >= 0.6 is 0 Å². The van der Waals surface area contributed by atoms with E-state index >= 15 is 0 Å². The molecule has 4 nitrogen and oxygen atoms in total. The van der Waals surface area contributed by atoms with Crippen LogP contribution in [0.5, 0.6) is 0 Å². The highest BCUT2D eigenvalue weighted by Gasteiger charge is 2.20. The van der Waals surface area contributed by atoms with Gasteiger partial charge in [0.05, 0.1) is 0 Å². The van der Waals surface area contributed by atoms with Crippen LogP contribution < -0.4 is 5.73 Å². The van der Waals surface area contributed by atoms with E-state index in [0.29, 0.717) is 6.42 Å². The lowest BCUT2D eigenvalue weighted by atomic mass is 10.1. The van der Waals surface area contributed by atoms with E-state index in [9.17, 15) is 4.79 Å². The van der Waals surface area contributed by atoms with Crippen molar-refractivity contribution in [3.8, 4) is 0 Å². The number of hydrogen-bond acceptors (Lipinski definition) is 3. The van der Waals surface area contributed by atoms with Gasteiger partial charge in [-0.1, -0.05) is 6.07 Å².